The van der Waals surface area contributed by atoms with Crippen LogP contribution in [0, 0.1) is 11.8 Å². The molecule has 0 saturated heterocycles. The Morgan fingerprint density at radius 3 is 2.07 bits per heavy atom. The summed E-state index contributed by atoms with van der Waals surface area (Å²) < 4.78 is 5.55. The molecule has 0 unspecified atom stereocenters. The molecule has 0 N–H and O–H groups in total. The van der Waals surface area contributed by atoms with Gasteiger partial charge in [0, 0.05) is 17.7 Å². The third-order valence-electron chi connectivity index (χ3n) is 4.75. The lowest BCUT2D eigenvalue weighted by Gasteiger charge is -2.15. The Bertz CT molecular complexity index is 563. The third-order valence-corrected chi connectivity index (χ3v) is 7.85. The number of thioether (sulfide) groups is 1. The minimum atomic E-state index is -1.19. The van der Waals surface area contributed by atoms with Crippen LogP contribution in [0.4, 0.5) is 0 Å². The highest BCUT2D eigenvalue weighted by Crippen LogP contribution is 2.11. The van der Waals surface area contributed by atoms with Crippen LogP contribution >= 0.6 is 11.8 Å². The van der Waals surface area contributed by atoms with E-state index in [4.69, 9.17) is 4.74 Å². The first-order valence-electron chi connectivity index (χ1n) is 11.2. The first-order valence-corrected chi connectivity index (χ1v) is 15.8. The quantitative estimate of drug-likeness (QED) is 0.185. The lowest BCUT2D eigenvalue weighted by molar-refractivity contribution is 0.0920. The molecule has 1 nitrogen and oxygen atoms in total. The molecule has 28 heavy (non-hydrogen) atoms. The van der Waals surface area contributed by atoms with Crippen LogP contribution in [0.15, 0.2) is 24.3 Å². The Morgan fingerprint density at radius 2 is 1.46 bits per heavy atom. The van der Waals surface area contributed by atoms with Gasteiger partial charge >= 0.3 is 0 Å². The summed E-state index contributed by atoms with van der Waals surface area (Å²) in [5, 5.41) is 1.51. The summed E-state index contributed by atoms with van der Waals surface area (Å²) in [6.45, 7) is 12.3. The second-order valence-corrected chi connectivity index (χ2v) is 15.2. The van der Waals surface area contributed by atoms with E-state index in [0.29, 0.717) is 6.10 Å². The molecule has 0 fully saturated rings. The number of hydrogen-bond donors (Lipinski definition) is 0. The molecule has 158 valence electrons. The van der Waals surface area contributed by atoms with Gasteiger partial charge in [0.2, 0.25) is 0 Å². The normalized spacial score (nSPS) is 11.5. The molecular weight excluding hydrogens is 376 g/mol. The smallest absolute Gasteiger partial charge is 0.0775 e. The van der Waals surface area contributed by atoms with Crippen molar-refractivity contribution in [2.45, 2.75) is 91.0 Å². The van der Waals surface area contributed by atoms with Crippen LogP contribution in [-0.4, -0.2) is 32.3 Å². The van der Waals surface area contributed by atoms with Gasteiger partial charge in [-0.2, -0.15) is 11.8 Å². The first-order chi connectivity index (χ1) is 13.4. The van der Waals surface area contributed by atoms with E-state index in [2.05, 4.69) is 69.6 Å². The van der Waals surface area contributed by atoms with Gasteiger partial charge in [0.1, 0.15) is 0 Å². The van der Waals surface area contributed by atoms with E-state index in [0.717, 1.165) is 24.3 Å². The Balaban J connectivity index is 1.94. The third kappa shape index (κ3) is 13.5. The van der Waals surface area contributed by atoms with E-state index in [1.54, 1.807) is 0 Å². The first kappa shape index (κ1) is 25.3. The largest absolute Gasteiger partial charge is 0.378 e. The maximum absolute atomic E-state index is 5.55. The zero-order valence-corrected chi connectivity index (χ0v) is 20.8. The van der Waals surface area contributed by atoms with Crippen molar-refractivity contribution in [1.82, 2.24) is 0 Å². The summed E-state index contributed by atoms with van der Waals surface area (Å²) >= 11 is 2.03. The highest BCUT2D eigenvalue weighted by Gasteiger charge is 2.15. The molecule has 0 aliphatic rings. The van der Waals surface area contributed by atoms with E-state index in [1.165, 1.54) is 55.9 Å². The van der Waals surface area contributed by atoms with Gasteiger partial charge in [0.25, 0.3) is 0 Å². The van der Waals surface area contributed by atoms with Crippen LogP contribution in [0.2, 0.25) is 19.6 Å². The van der Waals surface area contributed by atoms with Crippen LogP contribution in [-0.2, 0) is 4.74 Å². The maximum Gasteiger partial charge on any atom is 0.0775 e. The van der Waals surface area contributed by atoms with Gasteiger partial charge in [-0.25, -0.2) is 0 Å². The van der Waals surface area contributed by atoms with Crippen molar-refractivity contribution >= 4 is 25.0 Å². The Kier molecular flexibility index (Phi) is 13.7. The van der Waals surface area contributed by atoms with Crippen molar-refractivity contribution in [1.29, 1.82) is 0 Å². The monoisotopic (exact) mass is 418 g/mol. The fourth-order valence-electron chi connectivity index (χ4n) is 2.96. The van der Waals surface area contributed by atoms with E-state index in [1.807, 2.05) is 11.8 Å². The van der Waals surface area contributed by atoms with Gasteiger partial charge in [0.15, 0.2) is 0 Å². The molecular formula is C25H42OSSi. The number of benzene rings is 1. The molecule has 0 amide bonds. The second-order valence-electron chi connectivity index (χ2n) is 8.89. The molecule has 0 radical (unpaired) electrons. The predicted molar refractivity (Wildman–Crippen MR) is 132 cm³/mol. The van der Waals surface area contributed by atoms with Gasteiger partial charge in [-0.1, -0.05) is 80.9 Å². The van der Waals surface area contributed by atoms with Crippen LogP contribution < -0.4 is 5.19 Å². The Morgan fingerprint density at radius 1 is 0.857 bits per heavy atom. The molecule has 0 spiro atoms. The minimum Gasteiger partial charge on any atom is -0.378 e. The molecule has 1 aromatic rings. The number of rotatable bonds is 14. The van der Waals surface area contributed by atoms with E-state index < -0.39 is 8.07 Å². The summed E-state index contributed by atoms with van der Waals surface area (Å²) in [6, 6.07) is 8.93. The van der Waals surface area contributed by atoms with Crippen LogP contribution in [0.1, 0.15) is 70.8 Å². The number of ether oxygens (including phenoxy) is 1. The Labute approximate surface area is 180 Å². The molecule has 1 rings (SSSR count). The van der Waals surface area contributed by atoms with Crippen molar-refractivity contribution in [2.24, 2.45) is 0 Å². The van der Waals surface area contributed by atoms with E-state index in [-0.39, 0.29) is 0 Å². The molecule has 0 saturated carbocycles. The van der Waals surface area contributed by atoms with Crippen molar-refractivity contribution in [2.75, 3.05) is 18.1 Å². The Hall–Kier alpha value is -0.693. The van der Waals surface area contributed by atoms with E-state index in [9.17, 15) is 0 Å². The molecule has 0 heterocycles. The lowest BCUT2D eigenvalue weighted by atomic mass is 10.1. The summed E-state index contributed by atoms with van der Waals surface area (Å²) in [7, 11) is -1.19. The van der Waals surface area contributed by atoms with Gasteiger partial charge in [0.05, 0.1) is 20.8 Å². The van der Waals surface area contributed by atoms with Crippen molar-refractivity contribution in [3.05, 3.63) is 29.8 Å². The summed E-state index contributed by atoms with van der Waals surface area (Å²) in [5.74, 6) is 9.10. The molecule has 0 bridgehead atoms. The van der Waals surface area contributed by atoms with Crippen molar-refractivity contribution < 1.29 is 4.74 Å². The summed E-state index contributed by atoms with van der Waals surface area (Å²) in [5.41, 5.74) is 1.16. The zero-order valence-electron chi connectivity index (χ0n) is 19.0. The zero-order chi connectivity index (χ0) is 20.7. The standard InChI is InChI=1S/C25H42OSSi/c1-23(2)26-20-22-27-21-14-12-10-8-6-7-9-11-13-15-24-16-18-25(19-17-24)28(3,4)5/h16-19,23H,6-12,14,20-22H2,1-5H3. The molecule has 1 aromatic carbocycles. The average Bonchev–Trinajstić information content (AvgIpc) is 2.64. The molecule has 0 atom stereocenters. The van der Waals surface area contributed by atoms with Crippen molar-refractivity contribution in [3.63, 3.8) is 0 Å². The maximum atomic E-state index is 5.55. The van der Waals surface area contributed by atoms with Crippen LogP contribution in [0.25, 0.3) is 0 Å². The number of hydrogen-bond acceptors (Lipinski definition) is 2. The van der Waals surface area contributed by atoms with Crippen LogP contribution in [0.5, 0.6) is 0 Å². The fourth-order valence-corrected chi connectivity index (χ4v) is 4.96. The molecule has 0 aliphatic carbocycles. The van der Waals surface area contributed by atoms with Crippen LogP contribution in [0.3, 0.4) is 0 Å². The van der Waals surface area contributed by atoms with Gasteiger partial charge < -0.3 is 4.74 Å². The average molecular weight is 419 g/mol. The highest BCUT2D eigenvalue weighted by molar-refractivity contribution is 7.99. The number of unbranched alkanes of at least 4 members (excludes halogenated alkanes) is 7. The van der Waals surface area contributed by atoms with Crippen molar-refractivity contribution in [3.8, 4) is 11.8 Å². The van der Waals surface area contributed by atoms with Gasteiger partial charge in [-0.3, -0.25) is 0 Å². The molecule has 0 aliphatic heterocycles. The highest BCUT2D eigenvalue weighted by atomic mass is 32.2. The SMILES string of the molecule is CC(C)OCCSCCCCCCCCCC#Cc1ccc([Si](C)(C)C)cc1. The van der Waals surface area contributed by atoms with E-state index >= 15 is 0 Å². The predicted octanol–water partition coefficient (Wildman–Crippen LogP) is 6.86. The lowest BCUT2D eigenvalue weighted by Crippen LogP contribution is -2.37. The molecule has 0 aromatic heterocycles. The summed E-state index contributed by atoms with van der Waals surface area (Å²) in [6.07, 6.45) is 10.8. The van der Waals surface area contributed by atoms with Gasteiger partial charge in [-0.05, 0) is 44.6 Å². The van der Waals surface area contributed by atoms with Gasteiger partial charge in [-0.15, -0.1) is 0 Å². The minimum absolute atomic E-state index is 0.368. The summed E-state index contributed by atoms with van der Waals surface area (Å²) in [4.78, 5) is 0. The molecule has 3 heteroatoms. The second kappa shape index (κ2) is 15.2. The topological polar surface area (TPSA) is 9.23 Å². The fraction of sp³-hybridized carbons (Fsp3) is 0.680.